The van der Waals surface area contributed by atoms with Crippen LogP contribution in [0.4, 0.5) is 8.78 Å². The normalized spacial score (nSPS) is 33.9. The first-order valence-electron chi connectivity index (χ1n) is 10.2. The summed E-state index contributed by atoms with van der Waals surface area (Å²) in [6, 6.07) is 0. The first-order chi connectivity index (χ1) is 13.4. The second kappa shape index (κ2) is 7.89. The lowest BCUT2D eigenvalue weighted by Gasteiger charge is -2.61. The van der Waals surface area contributed by atoms with Crippen molar-refractivity contribution < 1.29 is 36.0 Å². The van der Waals surface area contributed by atoms with Crippen LogP contribution < -0.4 is 0 Å². The van der Waals surface area contributed by atoms with Gasteiger partial charge in [0.05, 0.1) is 25.2 Å². The molecule has 0 amide bonds. The van der Waals surface area contributed by atoms with Gasteiger partial charge in [-0.15, -0.1) is 0 Å². The van der Waals surface area contributed by atoms with E-state index in [9.17, 15) is 22.0 Å². The van der Waals surface area contributed by atoms with E-state index in [2.05, 4.69) is 20.4 Å². The zero-order valence-electron chi connectivity index (χ0n) is 16.9. The summed E-state index contributed by atoms with van der Waals surface area (Å²) >= 11 is 0. The second-order valence-electron chi connectivity index (χ2n) is 9.22. The Bertz CT molecular complexity index is 733. The van der Waals surface area contributed by atoms with E-state index in [0.717, 1.165) is 37.5 Å². The van der Waals surface area contributed by atoms with Gasteiger partial charge in [-0.05, 0) is 61.7 Å². The van der Waals surface area contributed by atoms with Crippen LogP contribution in [0.3, 0.4) is 0 Å². The lowest BCUT2D eigenvalue weighted by Crippen LogP contribution is -2.62. The molecule has 1 N–H and O–H groups in total. The van der Waals surface area contributed by atoms with Gasteiger partial charge in [0, 0.05) is 0 Å². The Morgan fingerprint density at radius 3 is 2.14 bits per heavy atom. The van der Waals surface area contributed by atoms with Crippen LogP contribution in [0.15, 0.2) is 12.2 Å². The summed E-state index contributed by atoms with van der Waals surface area (Å²) in [5, 5.41) is -4.29. The van der Waals surface area contributed by atoms with E-state index in [-0.39, 0.29) is 18.1 Å². The Kier molecular flexibility index (Phi) is 6.15. The Balaban J connectivity index is 1.57. The number of hydrogen-bond donors (Lipinski definition) is 1. The third-order valence-corrected chi connectivity index (χ3v) is 8.02. The minimum absolute atomic E-state index is 0.00834. The summed E-state index contributed by atoms with van der Waals surface area (Å²) in [6.45, 7) is 6.82. The first kappa shape index (κ1) is 22.6. The van der Waals surface area contributed by atoms with Gasteiger partial charge in [0.2, 0.25) is 0 Å². The number of ether oxygens (including phenoxy) is 2. The van der Waals surface area contributed by atoms with Crippen molar-refractivity contribution in [2.24, 2.45) is 29.6 Å². The average molecular weight is 437 g/mol. The molecule has 0 aromatic rings. The van der Waals surface area contributed by atoms with E-state index >= 15 is 0 Å². The molecular formula is C20H30F2O6S. The summed E-state index contributed by atoms with van der Waals surface area (Å²) in [7, 11) is -5.49. The van der Waals surface area contributed by atoms with Gasteiger partial charge in [-0.25, -0.2) is 4.79 Å². The van der Waals surface area contributed by atoms with Gasteiger partial charge in [0.1, 0.15) is 5.60 Å². The van der Waals surface area contributed by atoms with E-state index in [1.54, 1.807) is 0 Å². The van der Waals surface area contributed by atoms with E-state index in [1.807, 2.05) is 0 Å². The molecule has 4 aliphatic carbocycles. The maximum atomic E-state index is 13.2. The molecule has 0 spiro atoms. The van der Waals surface area contributed by atoms with E-state index in [1.165, 1.54) is 6.42 Å². The minimum Gasteiger partial charge on any atom is -0.455 e. The van der Waals surface area contributed by atoms with Gasteiger partial charge >= 0.3 is 21.3 Å². The highest BCUT2D eigenvalue weighted by Gasteiger charge is 2.60. The first-order valence-corrected chi connectivity index (χ1v) is 11.6. The van der Waals surface area contributed by atoms with Crippen molar-refractivity contribution in [3.05, 3.63) is 12.2 Å². The molecule has 4 fully saturated rings. The largest absolute Gasteiger partial charge is 0.455 e. The van der Waals surface area contributed by atoms with Gasteiger partial charge in [0.15, 0.2) is 0 Å². The quantitative estimate of drug-likeness (QED) is 0.256. The Labute approximate surface area is 170 Å². The summed E-state index contributed by atoms with van der Waals surface area (Å²) < 4.78 is 67.1. The number of hydrogen-bond acceptors (Lipinski definition) is 5. The van der Waals surface area contributed by atoms with E-state index in [4.69, 9.17) is 14.0 Å². The summed E-state index contributed by atoms with van der Waals surface area (Å²) in [5.41, 5.74) is -0.514. The minimum atomic E-state index is -5.49. The number of carbonyl (C=O) groups is 1. The third-order valence-electron chi connectivity index (χ3n) is 7.07. The zero-order valence-corrected chi connectivity index (χ0v) is 17.7. The number of carbonyl (C=O) groups excluding carboxylic acids is 1. The molecule has 0 aromatic carbocycles. The molecule has 29 heavy (non-hydrogen) atoms. The molecule has 0 heterocycles. The molecule has 0 unspecified atom stereocenters. The fraction of sp³-hybridized carbons (Fsp3) is 0.850. The lowest BCUT2D eigenvalue weighted by atomic mass is 9.47. The third kappa shape index (κ3) is 4.23. The summed E-state index contributed by atoms with van der Waals surface area (Å²) in [5.74, 6) is 1.68. The van der Waals surface area contributed by atoms with Gasteiger partial charge in [-0.2, -0.15) is 17.2 Å². The monoisotopic (exact) mass is 436 g/mol. The second-order valence-corrected chi connectivity index (χ2v) is 10.8. The fourth-order valence-electron chi connectivity index (χ4n) is 5.96. The zero-order chi connectivity index (χ0) is 21.6. The molecule has 0 aromatic heterocycles. The Hall–Kier alpha value is -1.06. The lowest BCUT2D eigenvalue weighted by molar-refractivity contribution is -0.222. The molecule has 0 aliphatic heterocycles. The molecule has 0 saturated heterocycles. The highest BCUT2D eigenvalue weighted by atomic mass is 32.2. The number of esters is 1. The average Bonchev–Trinajstić information content (AvgIpc) is 2.59. The Morgan fingerprint density at radius 2 is 1.69 bits per heavy atom. The SMILES string of the molecule is C=C(COCCC(F)(F)S(=O)(=O)O)C(=O)OC1(C(C)C)C2CC3CC(C2)CC1C3. The maximum Gasteiger partial charge on any atom is 0.372 e. The van der Waals surface area contributed by atoms with Crippen LogP contribution in [0.5, 0.6) is 0 Å². The van der Waals surface area contributed by atoms with Gasteiger partial charge < -0.3 is 9.47 Å². The molecule has 4 saturated carbocycles. The predicted octanol–water partition coefficient (Wildman–Crippen LogP) is 3.82. The van der Waals surface area contributed by atoms with Crippen LogP contribution in [0.2, 0.25) is 0 Å². The molecule has 0 atom stereocenters. The maximum absolute atomic E-state index is 13.2. The van der Waals surface area contributed by atoms with Crippen molar-refractivity contribution >= 4 is 16.1 Å². The van der Waals surface area contributed by atoms with E-state index < -0.39 is 40.0 Å². The highest BCUT2D eigenvalue weighted by Crippen LogP contribution is 2.61. The van der Waals surface area contributed by atoms with Crippen LogP contribution in [-0.4, -0.2) is 43.0 Å². The molecular weight excluding hydrogens is 406 g/mol. The van der Waals surface area contributed by atoms with Crippen molar-refractivity contribution in [1.29, 1.82) is 0 Å². The molecule has 9 heteroatoms. The van der Waals surface area contributed by atoms with Gasteiger partial charge in [-0.3, -0.25) is 4.55 Å². The van der Waals surface area contributed by atoms with E-state index in [0.29, 0.717) is 11.8 Å². The van der Waals surface area contributed by atoms with Crippen LogP contribution in [0.25, 0.3) is 0 Å². The van der Waals surface area contributed by atoms with Crippen LogP contribution in [0.1, 0.15) is 52.4 Å². The van der Waals surface area contributed by atoms with Crippen LogP contribution in [0, 0.1) is 29.6 Å². The molecule has 4 bridgehead atoms. The van der Waals surface area contributed by atoms with Crippen molar-refractivity contribution in [3.63, 3.8) is 0 Å². The summed E-state index contributed by atoms with van der Waals surface area (Å²) in [4.78, 5) is 12.7. The number of alkyl halides is 2. The molecule has 4 aliphatic rings. The molecule has 0 radical (unpaired) electrons. The predicted molar refractivity (Wildman–Crippen MR) is 102 cm³/mol. The van der Waals surface area contributed by atoms with Gasteiger partial charge in [-0.1, -0.05) is 20.4 Å². The van der Waals surface area contributed by atoms with Crippen LogP contribution in [-0.2, 0) is 24.4 Å². The fourth-order valence-corrected chi connectivity index (χ4v) is 6.30. The molecule has 6 nitrogen and oxygen atoms in total. The standard InChI is InChI=1S/C20H30F2O6S/c1-12(2)20(16-7-14-6-15(9-16)10-17(20)8-14)28-18(23)13(3)11-27-5-4-19(21,22)29(24,25)26/h12,14-17H,3-11H2,1-2H3,(H,24,25,26). The topological polar surface area (TPSA) is 89.9 Å². The smallest absolute Gasteiger partial charge is 0.372 e. The van der Waals surface area contributed by atoms with Crippen molar-refractivity contribution in [2.45, 2.75) is 63.2 Å². The van der Waals surface area contributed by atoms with Crippen LogP contribution >= 0.6 is 0 Å². The van der Waals surface area contributed by atoms with Gasteiger partial charge in [0.25, 0.3) is 0 Å². The molecule has 4 rings (SSSR count). The number of rotatable bonds is 9. The highest BCUT2D eigenvalue weighted by molar-refractivity contribution is 7.86. The van der Waals surface area contributed by atoms with Crippen molar-refractivity contribution in [1.82, 2.24) is 0 Å². The number of halogens is 2. The van der Waals surface area contributed by atoms with Crippen molar-refractivity contribution in [3.8, 4) is 0 Å². The molecule has 166 valence electrons. The van der Waals surface area contributed by atoms with Crippen molar-refractivity contribution in [2.75, 3.05) is 13.2 Å². The Morgan fingerprint density at radius 1 is 1.17 bits per heavy atom. The summed E-state index contributed by atoms with van der Waals surface area (Å²) in [6.07, 6.45) is 4.37.